The van der Waals surface area contributed by atoms with E-state index in [2.05, 4.69) is 15.3 Å². The zero-order valence-electron chi connectivity index (χ0n) is 9.98. The van der Waals surface area contributed by atoms with Crippen molar-refractivity contribution in [2.24, 2.45) is 0 Å². The number of para-hydroxylation sites is 2. The van der Waals surface area contributed by atoms with Gasteiger partial charge in [-0.25, -0.2) is 4.98 Å². The van der Waals surface area contributed by atoms with Gasteiger partial charge in [-0.2, -0.15) is 0 Å². The second-order valence-corrected chi connectivity index (χ2v) is 4.42. The smallest absolute Gasteiger partial charge is 0.249 e. The third-order valence-electron chi connectivity index (χ3n) is 3.09. The fourth-order valence-corrected chi connectivity index (χ4v) is 2.16. The maximum atomic E-state index is 11.8. The number of imidazole rings is 1. The van der Waals surface area contributed by atoms with Gasteiger partial charge in [-0.05, 0) is 25.0 Å². The highest BCUT2D eigenvalue weighted by Crippen LogP contribution is 2.13. The number of nitrogens with one attached hydrogen (secondary N) is 2. The molecule has 1 aliphatic heterocycles. The molecular formula is C13H15N3O2. The number of benzene rings is 1. The number of aromatic amines is 1. The van der Waals surface area contributed by atoms with Gasteiger partial charge in [-0.15, -0.1) is 0 Å². The Morgan fingerprint density at radius 1 is 1.50 bits per heavy atom. The van der Waals surface area contributed by atoms with Gasteiger partial charge in [-0.1, -0.05) is 12.1 Å². The van der Waals surface area contributed by atoms with Crippen LogP contribution >= 0.6 is 0 Å². The molecule has 3 rings (SSSR count). The van der Waals surface area contributed by atoms with E-state index in [0.717, 1.165) is 29.7 Å². The summed E-state index contributed by atoms with van der Waals surface area (Å²) in [5, 5.41) is 2.84. The van der Waals surface area contributed by atoms with E-state index in [1.54, 1.807) is 0 Å². The van der Waals surface area contributed by atoms with E-state index in [1.807, 2.05) is 24.3 Å². The second-order valence-electron chi connectivity index (χ2n) is 4.42. The lowest BCUT2D eigenvalue weighted by Gasteiger charge is -2.08. The first kappa shape index (κ1) is 11.2. The maximum absolute atomic E-state index is 11.8. The van der Waals surface area contributed by atoms with Crippen molar-refractivity contribution in [2.45, 2.75) is 25.5 Å². The van der Waals surface area contributed by atoms with Crippen LogP contribution in [0.5, 0.6) is 0 Å². The van der Waals surface area contributed by atoms with Crippen molar-refractivity contribution in [3.63, 3.8) is 0 Å². The molecule has 0 aliphatic carbocycles. The Morgan fingerprint density at radius 2 is 2.39 bits per heavy atom. The van der Waals surface area contributed by atoms with E-state index >= 15 is 0 Å². The van der Waals surface area contributed by atoms with E-state index in [1.165, 1.54) is 0 Å². The average Bonchev–Trinajstić information content (AvgIpc) is 3.04. The van der Waals surface area contributed by atoms with Crippen LogP contribution in [0.2, 0.25) is 0 Å². The first-order valence-electron chi connectivity index (χ1n) is 6.16. The van der Waals surface area contributed by atoms with Crippen LogP contribution in [-0.4, -0.2) is 28.6 Å². The molecule has 0 unspecified atom stereocenters. The Kier molecular flexibility index (Phi) is 2.98. The quantitative estimate of drug-likeness (QED) is 0.858. The van der Waals surface area contributed by atoms with Gasteiger partial charge >= 0.3 is 0 Å². The molecule has 1 aromatic carbocycles. The van der Waals surface area contributed by atoms with Gasteiger partial charge in [0.1, 0.15) is 11.9 Å². The summed E-state index contributed by atoms with van der Waals surface area (Å²) in [6.45, 7) is 1.09. The highest BCUT2D eigenvalue weighted by Gasteiger charge is 2.23. The normalized spacial score (nSPS) is 19.2. The summed E-state index contributed by atoms with van der Waals surface area (Å²) in [5.41, 5.74) is 1.90. The number of carbonyl (C=O) groups is 1. The lowest BCUT2D eigenvalue weighted by atomic mass is 10.2. The van der Waals surface area contributed by atoms with Crippen molar-refractivity contribution in [3.8, 4) is 0 Å². The number of amides is 1. The van der Waals surface area contributed by atoms with Gasteiger partial charge < -0.3 is 15.0 Å². The predicted octanol–water partition coefficient (Wildman–Crippen LogP) is 1.36. The Hall–Kier alpha value is -1.88. The fourth-order valence-electron chi connectivity index (χ4n) is 2.16. The molecule has 0 saturated carbocycles. The molecule has 1 saturated heterocycles. The topological polar surface area (TPSA) is 67.0 Å². The van der Waals surface area contributed by atoms with Gasteiger partial charge in [0, 0.05) is 6.61 Å². The lowest BCUT2D eigenvalue weighted by molar-refractivity contribution is -0.130. The molecule has 5 nitrogen and oxygen atoms in total. The minimum absolute atomic E-state index is 0.0482. The summed E-state index contributed by atoms with van der Waals surface area (Å²) in [6.07, 6.45) is 1.49. The van der Waals surface area contributed by atoms with E-state index in [-0.39, 0.29) is 12.0 Å². The van der Waals surface area contributed by atoms with Crippen molar-refractivity contribution in [2.75, 3.05) is 6.61 Å². The van der Waals surface area contributed by atoms with Gasteiger partial charge in [0.2, 0.25) is 5.91 Å². The number of carbonyl (C=O) groups excluding carboxylic acids is 1. The largest absolute Gasteiger partial charge is 0.368 e. The number of hydrogen-bond donors (Lipinski definition) is 2. The molecule has 5 heteroatoms. The first-order valence-corrected chi connectivity index (χ1v) is 6.16. The van der Waals surface area contributed by atoms with E-state index in [0.29, 0.717) is 13.2 Å². The molecule has 2 heterocycles. The number of ether oxygens (including phenoxy) is 1. The summed E-state index contributed by atoms with van der Waals surface area (Å²) in [5.74, 6) is 0.718. The van der Waals surface area contributed by atoms with Crippen LogP contribution in [0, 0.1) is 0 Å². The van der Waals surface area contributed by atoms with Crippen LogP contribution in [0.15, 0.2) is 24.3 Å². The van der Waals surface area contributed by atoms with Crippen molar-refractivity contribution >= 4 is 16.9 Å². The number of fused-ring (bicyclic) bond motifs is 1. The van der Waals surface area contributed by atoms with Crippen LogP contribution in [0.4, 0.5) is 0 Å². The summed E-state index contributed by atoms with van der Waals surface area (Å²) < 4.78 is 5.32. The number of aromatic nitrogens is 2. The predicted molar refractivity (Wildman–Crippen MR) is 66.9 cm³/mol. The molecule has 1 amide bonds. The highest BCUT2D eigenvalue weighted by atomic mass is 16.5. The number of rotatable bonds is 3. The van der Waals surface area contributed by atoms with Gasteiger partial charge in [0.05, 0.1) is 17.6 Å². The summed E-state index contributed by atoms with van der Waals surface area (Å²) >= 11 is 0. The SMILES string of the molecule is O=C(NCc1nc2ccccc2[nH]1)[C@H]1CCCO1. The highest BCUT2D eigenvalue weighted by molar-refractivity contribution is 5.81. The first-order chi connectivity index (χ1) is 8.83. The lowest BCUT2D eigenvalue weighted by Crippen LogP contribution is -2.33. The monoisotopic (exact) mass is 245 g/mol. The van der Waals surface area contributed by atoms with Crippen LogP contribution in [-0.2, 0) is 16.1 Å². The third kappa shape index (κ3) is 2.22. The number of H-pyrrole nitrogens is 1. The minimum Gasteiger partial charge on any atom is -0.368 e. The molecule has 18 heavy (non-hydrogen) atoms. The Morgan fingerprint density at radius 3 is 3.17 bits per heavy atom. The minimum atomic E-state index is -0.283. The van der Waals surface area contributed by atoms with Crippen LogP contribution < -0.4 is 5.32 Å². The van der Waals surface area contributed by atoms with Crippen molar-refractivity contribution < 1.29 is 9.53 Å². The Bertz CT molecular complexity index is 525. The van der Waals surface area contributed by atoms with Gasteiger partial charge in [0.15, 0.2) is 0 Å². The van der Waals surface area contributed by atoms with Crippen LogP contribution in [0.3, 0.4) is 0 Å². The number of nitrogens with zero attached hydrogens (tertiary/aromatic N) is 1. The summed E-state index contributed by atoms with van der Waals surface area (Å²) in [4.78, 5) is 19.3. The summed E-state index contributed by atoms with van der Waals surface area (Å²) in [7, 11) is 0. The standard InChI is InChI=1S/C13H15N3O2/c17-13(11-6-3-7-18-11)14-8-12-15-9-4-1-2-5-10(9)16-12/h1-2,4-5,11H,3,6-8H2,(H,14,17)(H,15,16)/t11-/m1/s1. The molecule has 94 valence electrons. The maximum Gasteiger partial charge on any atom is 0.249 e. The molecule has 0 spiro atoms. The van der Waals surface area contributed by atoms with Crippen molar-refractivity contribution in [1.29, 1.82) is 0 Å². The molecule has 0 radical (unpaired) electrons. The van der Waals surface area contributed by atoms with Crippen molar-refractivity contribution in [3.05, 3.63) is 30.1 Å². The van der Waals surface area contributed by atoms with Gasteiger partial charge in [0.25, 0.3) is 0 Å². The number of hydrogen-bond acceptors (Lipinski definition) is 3. The zero-order chi connectivity index (χ0) is 12.4. The molecule has 1 fully saturated rings. The molecule has 1 aromatic heterocycles. The van der Waals surface area contributed by atoms with E-state index < -0.39 is 0 Å². The molecule has 2 N–H and O–H groups in total. The van der Waals surface area contributed by atoms with Crippen LogP contribution in [0.25, 0.3) is 11.0 Å². The van der Waals surface area contributed by atoms with E-state index in [4.69, 9.17) is 4.74 Å². The molecular weight excluding hydrogens is 230 g/mol. The molecule has 2 aromatic rings. The zero-order valence-corrected chi connectivity index (χ0v) is 9.98. The Balaban J connectivity index is 1.63. The fraction of sp³-hybridized carbons (Fsp3) is 0.385. The van der Waals surface area contributed by atoms with E-state index in [9.17, 15) is 4.79 Å². The average molecular weight is 245 g/mol. The van der Waals surface area contributed by atoms with Crippen molar-refractivity contribution in [1.82, 2.24) is 15.3 Å². The second kappa shape index (κ2) is 4.78. The third-order valence-corrected chi connectivity index (χ3v) is 3.09. The Labute approximate surface area is 105 Å². The molecule has 0 bridgehead atoms. The van der Waals surface area contributed by atoms with Gasteiger partial charge in [-0.3, -0.25) is 4.79 Å². The molecule has 1 aliphatic rings. The van der Waals surface area contributed by atoms with Crippen LogP contribution in [0.1, 0.15) is 18.7 Å². The molecule has 1 atom stereocenters. The summed E-state index contributed by atoms with van der Waals surface area (Å²) in [6, 6.07) is 7.80.